The van der Waals surface area contributed by atoms with Crippen molar-refractivity contribution >= 4 is 0 Å². The van der Waals surface area contributed by atoms with E-state index in [4.69, 9.17) is 0 Å². The number of aromatic nitrogens is 1. The number of nitrogens with zero attached hydrogens (tertiary/aromatic N) is 1. The van der Waals surface area contributed by atoms with Crippen LogP contribution in [0.4, 0.5) is 0 Å². The van der Waals surface area contributed by atoms with E-state index in [0.29, 0.717) is 6.04 Å². The van der Waals surface area contributed by atoms with Gasteiger partial charge >= 0.3 is 0 Å². The third kappa shape index (κ3) is 5.32. The summed E-state index contributed by atoms with van der Waals surface area (Å²) in [5.41, 5.74) is 2.54. The van der Waals surface area contributed by atoms with Crippen molar-refractivity contribution in [3.8, 4) is 0 Å². The van der Waals surface area contributed by atoms with E-state index in [9.17, 15) is 0 Å². The summed E-state index contributed by atoms with van der Waals surface area (Å²) in [4.78, 5) is 4.44. The molecule has 2 atom stereocenters. The molecule has 0 spiro atoms. The number of hydrogen-bond donors (Lipinski definition) is 1. The van der Waals surface area contributed by atoms with Crippen molar-refractivity contribution in [2.24, 2.45) is 5.92 Å². The largest absolute Gasteiger partial charge is 0.310 e. The Morgan fingerprint density at radius 1 is 1.26 bits per heavy atom. The fraction of sp³-hybridized carbons (Fsp3) is 0.706. The first kappa shape index (κ1) is 16.2. The van der Waals surface area contributed by atoms with Gasteiger partial charge in [0, 0.05) is 17.9 Å². The number of rotatable bonds is 9. The minimum absolute atomic E-state index is 0.459. The normalized spacial score (nSPS) is 14.3. The lowest BCUT2D eigenvalue weighted by Gasteiger charge is -2.24. The molecule has 2 nitrogen and oxygen atoms in total. The van der Waals surface area contributed by atoms with E-state index in [1.807, 2.05) is 6.20 Å². The molecule has 2 unspecified atom stereocenters. The summed E-state index contributed by atoms with van der Waals surface area (Å²) in [7, 11) is 0. The summed E-state index contributed by atoms with van der Waals surface area (Å²) < 4.78 is 0. The number of hydrogen-bond acceptors (Lipinski definition) is 2. The molecule has 1 aromatic heterocycles. The Bertz CT molecular complexity index is 349. The SMILES string of the molecule is CCCCC(CC)CC(NCC)c1cccnc1C. The van der Waals surface area contributed by atoms with Crippen LogP contribution in [-0.4, -0.2) is 11.5 Å². The summed E-state index contributed by atoms with van der Waals surface area (Å²) in [5, 5.41) is 3.64. The van der Waals surface area contributed by atoms with E-state index in [2.05, 4.69) is 50.1 Å². The van der Waals surface area contributed by atoms with Crippen molar-refractivity contribution in [1.82, 2.24) is 10.3 Å². The number of pyridine rings is 1. The Hall–Kier alpha value is -0.890. The van der Waals surface area contributed by atoms with Crippen molar-refractivity contribution in [2.75, 3.05) is 6.54 Å². The lowest BCUT2D eigenvalue weighted by atomic mass is 9.89. The smallest absolute Gasteiger partial charge is 0.0420 e. The van der Waals surface area contributed by atoms with Crippen molar-refractivity contribution in [3.63, 3.8) is 0 Å². The van der Waals surface area contributed by atoms with Gasteiger partial charge in [0.25, 0.3) is 0 Å². The molecular weight excluding hydrogens is 232 g/mol. The third-order valence-corrected chi connectivity index (χ3v) is 3.99. The van der Waals surface area contributed by atoms with Crippen LogP contribution in [0.15, 0.2) is 18.3 Å². The van der Waals surface area contributed by atoms with Gasteiger partial charge in [0.1, 0.15) is 0 Å². The molecule has 2 heteroatoms. The molecule has 0 fully saturated rings. The molecule has 0 radical (unpaired) electrons. The number of aryl methyl sites for hydroxylation is 1. The quantitative estimate of drug-likeness (QED) is 0.701. The van der Waals surface area contributed by atoms with Crippen LogP contribution in [0.2, 0.25) is 0 Å². The van der Waals surface area contributed by atoms with Gasteiger partial charge in [-0.15, -0.1) is 0 Å². The van der Waals surface area contributed by atoms with Gasteiger partial charge in [-0.25, -0.2) is 0 Å². The van der Waals surface area contributed by atoms with Gasteiger partial charge in [0.2, 0.25) is 0 Å². The second kappa shape index (κ2) is 9.08. The molecule has 0 aliphatic heterocycles. The standard InChI is InChI=1S/C17H30N2/c1-5-8-10-15(6-2)13-17(18-7-3)16-11-9-12-19-14(16)4/h9,11-12,15,17-18H,5-8,10,13H2,1-4H3. The van der Waals surface area contributed by atoms with E-state index in [1.165, 1.54) is 43.4 Å². The first-order chi connectivity index (χ1) is 9.22. The van der Waals surface area contributed by atoms with Crippen LogP contribution in [0.1, 0.15) is 70.2 Å². The summed E-state index contributed by atoms with van der Waals surface area (Å²) in [6, 6.07) is 4.74. The van der Waals surface area contributed by atoms with Gasteiger partial charge in [-0.2, -0.15) is 0 Å². The highest BCUT2D eigenvalue weighted by molar-refractivity contribution is 5.22. The molecule has 0 aliphatic carbocycles. The van der Waals surface area contributed by atoms with Crippen molar-refractivity contribution in [3.05, 3.63) is 29.6 Å². The maximum absolute atomic E-state index is 4.44. The van der Waals surface area contributed by atoms with Crippen LogP contribution in [0.3, 0.4) is 0 Å². The zero-order valence-corrected chi connectivity index (χ0v) is 13.1. The molecule has 0 saturated carbocycles. The Labute approximate surface area is 119 Å². The average Bonchev–Trinajstić information content (AvgIpc) is 2.43. The fourth-order valence-electron chi connectivity index (χ4n) is 2.75. The summed E-state index contributed by atoms with van der Waals surface area (Å²) in [6.07, 6.45) is 8.40. The average molecular weight is 262 g/mol. The van der Waals surface area contributed by atoms with Gasteiger partial charge < -0.3 is 5.32 Å². The third-order valence-electron chi connectivity index (χ3n) is 3.99. The molecule has 0 aliphatic rings. The van der Waals surface area contributed by atoms with Gasteiger partial charge in [0.05, 0.1) is 0 Å². The molecule has 108 valence electrons. The summed E-state index contributed by atoms with van der Waals surface area (Å²) in [5.74, 6) is 0.823. The van der Waals surface area contributed by atoms with Crippen molar-refractivity contribution in [1.29, 1.82) is 0 Å². The van der Waals surface area contributed by atoms with Gasteiger partial charge in [-0.1, -0.05) is 52.5 Å². The van der Waals surface area contributed by atoms with Crippen LogP contribution < -0.4 is 5.32 Å². The molecule has 1 heterocycles. The van der Waals surface area contributed by atoms with Crippen LogP contribution in [0.25, 0.3) is 0 Å². The Balaban J connectivity index is 2.74. The van der Waals surface area contributed by atoms with E-state index in [1.54, 1.807) is 0 Å². The molecule has 1 aromatic rings. The minimum atomic E-state index is 0.459. The van der Waals surface area contributed by atoms with E-state index in [0.717, 1.165) is 12.5 Å². The lowest BCUT2D eigenvalue weighted by Crippen LogP contribution is -2.24. The molecule has 0 aromatic carbocycles. The van der Waals surface area contributed by atoms with Crippen LogP contribution >= 0.6 is 0 Å². The van der Waals surface area contributed by atoms with E-state index < -0.39 is 0 Å². The molecule has 1 N–H and O–H groups in total. The first-order valence-electron chi connectivity index (χ1n) is 7.87. The second-order valence-corrected chi connectivity index (χ2v) is 5.44. The summed E-state index contributed by atoms with van der Waals surface area (Å²) >= 11 is 0. The predicted molar refractivity (Wildman–Crippen MR) is 83.3 cm³/mol. The highest BCUT2D eigenvalue weighted by Gasteiger charge is 2.17. The number of unbranched alkanes of at least 4 members (excludes halogenated alkanes) is 1. The van der Waals surface area contributed by atoms with Crippen LogP contribution in [-0.2, 0) is 0 Å². The topological polar surface area (TPSA) is 24.9 Å². The second-order valence-electron chi connectivity index (χ2n) is 5.44. The van der Waals surface area contributed by atoms with E-state index in [-0.39, 0.29) is 0 Å². The first-order valence-corrected chi connectivity index (χ1v) is 7.87. The molecular formula is C17H30N2. The highest BCUT2D eigenvalue weighted by Crippen LogP contribution is 2.27. The fourth-order valence-corrected chi connectivity index (χ4v) is 2.75. The zero-order valence-electron chi connectivity index (χ0n) is 13.1. The van der Waals surface area contributed by atoms with Gasteiger partial charge in [-0.05, 0) is 37.4 Å². The van der Waals surface area contributed by atoms with Gasteiger partial charge in [-0.3, -0.25) is 4.98 Å². The summed E-state index contributed by atoms with van der Waals surface area (Å²) in [6.45, 7) is 9.92. The Morgan fingerprint density at radius 3 is 2.63 bits per heavy atom. The van der Waals surface area contributed by atoms with E-state index >= 15 is 0 Å². The predicted octanol–water partition coefficient (Wildman–Crippen LogP) is 4.65. The monoisotopic (exact) mass is 262 g/mol. The lowest BCUT2D eigenvalue weighted by molar-refractivity contribution is 0.356. The van der Waals surface area contributed by atoms with Crippen molar-refractivity contribution in [2.45, 2.75) is 65.8 Å². The highest BCUT2D eigenvalue weighted by atomic mass is 14.9. The maximum atomic E-state index is 4.44. The molecule has 0 saturated heterocycles. The van der Waals surface area contributed by atoms with Crippen molar-refractivity contribution < 1.29 is 0 Å². The van der Waals surface area contributed by atoms with Crippen LogP contribution in [0.5, 0.6) is 0 Å². The molecule has 0 bridgehead atoms. The molecule has 19 heavy (non-hydrogen) atoms. The maximum Gasteiger partial charge on any atom is 0.0420 e. The molecule has 0 amide bonds. The number of nitrogens with one attached hydrogen (secondary N) is 1. The van der Waals surface area contributed by atoms with Crippen LogP contribution in [0, 0.1) is 12.8 Å². The van der Waals surface area contributed by atoms with Gasteiger partial charge in [0.15, 0.2) is 0 Å². The minimum Gasteiger partial charge on any atom is -0.310 e. The Morgan fingerprint density at radius 2 is 2.05 bits per heavy atom. The Kier molecular flexibility index (Phi) is 7.73. The zero-order chi connectivity index (χ0) is 14.1. The molecule has 1 rings (SSSR count).